The standard InChI is InChI=1S/C18H20N2O5/c1-11-14(19-18(23)20-17(11)22)8-7-13(21)6-4-12-5-9-15(24-2)16(10-12)25-3/h5,7-10H,4,6H2,1-3H3,(H2,19,20,22,23)/b8-7+. The highest BCUT2D eigenvalue weighted by molar-refractivity contribution is 5.93. The third kappa shape index (κ3) is 4.69. The van der Waals surface area contributed by atoms with Crippen LogP contribution in [0.1, 0.15) is 23.2 Å². The third-order valence-corrected chi connectivity index (χ3v) is 3.76. The van der Waals surface area contributed by atoms with Gasteiger partial charge in [-0.1, -0.05) is 6.07 Å². The molecular weight excluding hydrogens is 324 g/mol. The van der Waals surface area contributed by atoms with E-state index < -0.39 is 11.2 Å². The molecule has 0 bridgehead atoms. The number of hydrogen-bond donors (Lipinski definition) is 2. The van der Waals surface area contributed by atoms with Crippen LogP contribution in [-0.2, 0) is 11.2 Å². The predicted molar refractivity (Wildman–Crippen MR) is 94.3 cm³/mol. The smallest absolute Gasteiger partial charge is 0.326 e. The molecule has 7 heteroatoms. The molecule has 0 radical (unpaired) electrons. The number of carbonyl (C=O) groups is 1. The van der Waals surface area contributed by atoms with Gasteiger partial charge in [0.1, 0.15) is 0 Å². The first-order chi connectivity index (χ1) is 11.9. The van der Waals surface area contributed by atoms with Crippen molar-refractivity contribution in [3.8, 4) is 11.5 Å². The maximum absolute atomic E-state index is 12.0. The van der Waals surface area contributed by atoms with E-state index in [2.05, 4.69) is 9.97 Å². The van der Waals surface area contributed by atoms with E-state index in [9.17, 15) is 14.4 Å². The second kappa shape index (κ2) is 8.14. The zero-order valence-corrected chi connectivity index (χ0v) is 14.3. The Bertz CT molecular complexity index is 908. The van der Waals surface area contributed by atoms with Gasteiger partial charge in [0.2, 0.25) is 0 Å². The third-order valence-electron chi connectivity index (χ3n) is 3.76. The number of rotatable bonds is 7. The van der Waals surface area contributed by atoms with Crippen LogP contribution in [0, 0.1) is 6.92 Å². The highest BCUT2D eigenvalue weighted by Gasteiger charge is 2.06. The molecule has 0 amide bonds. The molecule has 0 saturated carbocycles. The number of benzene rings is 1. The lowest BCUT2D eigenvalue weighted by molar-refractivity contribution is -0.114. The topological polar surface area (TPSA) is 101 Å². The summed E-state index contributed by atoms with van der Waals surface area (Å²) in [5, 5.41) is 0. The largest absolute Gasteiger partial charge is 0.493 e. The molecule has 0 aliphatic heterocycles. The molecule has 7 nitrogen and oxygen atoms in total. The van der Waals surface area contributed by atoms with Gasteiger partial charge < -0.3 is 14.5 Å². The number of aryl methyl sites for hydroxylation is 1. The van der Waals surface area contributed by atoms with Gasteiger partial charge in [-0.25, -0.2) is 4.79 Å². The predicted octanol–water partition coefficient (Wildman–Crippen LogP) is 1.60. The molecule has 1 heterocycles. The molecule has 0 atom stereocenters. The zero-order valence-electron chi connectivity index (χ0n) is 14.3. The van der Waals surface area contributed by atoms with Crippen LogP contribution in [0.4, 0.5) is 0 Å². The van der Waals surface area contributed by atoms with Crippen LogP contribution in [0.25, 0.3) is 6.08 Å². The number of methoxy groups -OCH3 is 2. The summed E-state index contributed by atoms with van der Waals surface area (Å²) in [5.41, 5.74) is 0.547. The Labute approximate surface area is 144 Å². The first-order valence-corrected chi connectivity index (χ1v) is 7.69. The van der Waals surface area contributed by atoms with E-state index >= 15 is 0 Å². The van der Waals surface area contributed by atoms with Crippen LogP contribution < -0.4 is 20.7 Å². The maximum Gasteiger partial charge on any atom is 0.326 e. The van der Waals surface area contributed by atoms with E-state index in [0.717, 1.165) is 5.56 Å². The van der Waals surface area contributed by atoms with Crippen LogP contribution in [0.5, 0.6) is 11.5 Å². The van der Waals surface area contributed by atoms with Crippen molar-refractivity contribution >= 4 is 11.9 Å². The first-order valence-electron chi connectivity index (χ1n) is 7.69. The average molecular weight is 344 g/mol. The summed E-state index contributed by atoms with van der Waals surface area (Å²) in [4.78, 5) is 39.4. The highest BCUT2D eigenvalue weighted by atomic mass is 16.5. The molecule has 2 aromatic rings. The fourth-order valence-corrected chi connectivity index (χ4v) is 2.30. The fraction of sp³-hybridized carbons (Fsp3) is 0.278. The van der Waals surface area contributed by atoms with Gasteiger partial charge >= 0.3 is 5.69 Å². The van der Waals surface area contributed by atoms with E-state index in [-0.39, 0.29) is 5.78 Å². The van der Waals surface area contributed by atoms with Crippen molar-refractivity contribution in [1.29, 1.82) is 0 Å². The van der Waals surface area contributed by atoms with Gasteiger partial charge in [0, 0.05) is 12.0 Å². The molecule has 1 aromatic carbocycles. The Kier molecular flexibility index (Phi) is 5.94. The van der Waals surface area contributed by atoms with Crippen molar-refractivity contribution < 1.29 is 14.3 Å². The molecule has 0 unspecified atom stereocenters. The van der Waals surface area contributed by atoms with Crippen molar-refractivity contribution in [2.24, 2.45) is 0 Å². The number of aromatic amines is 2. The lowest BCUT2D eigenvalue weighted by atomic mass is 10.1. The second-order valence-electron chi connectivity index (χ2n) is 5.44. The van der Waals surface area contributed by atoms with E-state index in [1.807, 2.05) is 12.1 Å². The van der Waals surface area contributed by atoms with E-state index in [1.54, 1.807) is 27.2 Å². The Morgan fingerprint density at radius 1 is 1.12 bits per heavy atom. The molecular formula is C18H20N2O5. The summed E-state index contributed by atoms with van der Waals surface area (Å²) in [7, 11) is 3.12. The molecule has 0 fully saturated rings. The average Bonchev–Trinajstić information content (AvgIpc) is 2.61. The summed E-state index contributed by atoms with van der Waals surface area (Å²) in [6.45, 7) is 1.57. The molecule has 25 heavy (non-hydrogen) atoms. The molecule has 0 aliphatic rings. The zero-order chi connectivity index (χ0) is 18.4. The minimum Gasteiger partial charge on any atom is -0.493 e. The van der Waals surface area contributed by atoms with Crippen molar-refractivity contribution in [1.82, 2.24) is 9.97 Å². The minimum absolute atomic E-state index is 0.115. The Morgan fingerprint density at radius 3 is 2.52 bits per heavy atom. The number of carbonyl (C=O) groups excluding carboxylic acids is 1. The highest BCUT2D eigenvalue weighted by Crippen LogP contribution is 2.27. The number of ether oxygens (including phenoxy) is 2. The van der Waals surface area contributed by atoms with Gasteiger partial charge in [-0.15, -0.1) is 0 Å². The lowest BCUT2D eigenvalue weighted by Crippen LogP contribution is -2.25. The number of H-pyrrole nitrogens is 2. The number of allylic oxidation sites excluding steroid dienone is 1. The summed E-state index contributed by atoms with van der Waals surface area (Å²) >= 11 is 0. The molecule has 0 saturated heterocycles. The van der Waals surface area contributed by atoms with Crippen LogP contribution in [0.2, 0.25) is 0 Å². The molecule has 2 rings (SSSR count). The second-order valence-corrected chi connectivity index (χ2v) is 5.44. The summed E-state index contributed by atoms with van der Waals surface area (Å²) < 4.78 is 10.4. The van der Waals surface area contributed by atoms with Crippen LogP contribution >= 0.6 is 0 Å². The Balaban J connectivity index is 2.04. The maximum atomic E-state index is 12.0. The van der Waals surface area contributed by atoms with Crippen LogP contribution in [-0.4, -0.2) is 30.0 Å². The monoisotopic (exact) mass is 344 g/mol. The van der Waals surface area contributed by atoms with Crippen molar-refractivity contribution in [3.05, 3.63) is 61.9 Å². The quantitative estimate of drug-likeness (QED) is 0.743. The minimum atomic E-state index is -0.604. The van der Waals surface area contributed by atoms with E-state index in [0.29, 0.717) is 35.6 Å². The number of aromatic nitrogens is 2. The lowest BCUT2D eigenvalue weighted by Gasteiger charge is -2.09. The summed E-state index contributed by atoms with van der Waals surface area (Å²) in [6.07, 6.45) is 3.63. The van der Waals surface area contributed by atoms with E-state index in [4.69, 9.17) is 9.47 Å². The fourth-order valence-electron chi connectivity index (χ4n) is 2.30. The van der Waals surface area contributed by atoms with Crippen molar-refractivity contribution in [3.63, 3.8) is 0 Å². The normalized spacial score (nSPS) is 10.8. The van der Waals surface area contributed by atoms with Crippen LogP contribution in [0.15, 0.2) is 33.9 Å². The molecule has 132 valence electrons. The van der Waals surface area contributed by atoms with Crippen molar-refractivity contribution in [2.45, 2.75) is 19.8 Å². The van der Waals surface area contributed by atoms with Gasteiger partial charge in [-0.2, -0.15) is 0 Å². The molecule has 0 spiro atoms. The number of ketones is 1. The summed E-state index contributed by atoms with van der Waals surface area (Å²) in [6, 6.07) is 5.49. The van der Waals surface area contributed by atoms with Gasteiger partial charge in [0.15, 0.2) is 17.3 Å². The first kappa shape index (κ1) is 18.3. The van der Waals surface area contributed by atoms with E-state index in [1.165, 1.54) is 12.2 Å². The molecule has 0 aliphatic carbocycles. The van der Waals surface area contributed by atoms with Crippen molar-refractivity contribution in [2.75, 3.05) is 14.2 Å². The molecule has 1 aromatic heterocycles. The van der Waals surface area contributed by atoms with Gasteiger partial charge in [-0.05, 0) is 43.2 Å². The summed E-state index contributed by atoms with van der Waals surface area (Å²) in [5.74, 6) is 1.13. The van der Waals surface area contributed by atoms with Crippen LogP contribution in [0.3, 0.4) is 0 Å². The molecule has 2 N–H and O–H groups in total. The van der Waals surface area contributed by atoms with Gasteiger partial charge in [-0.3, -0.25) is 14.6 Å². The number of hydrogen-bond acceptors (Lipinski definition) is 5. The Hall–Kier alpha value is -3.09. The SMILES string of the molecule is COc1ccc(CCC(=O)/C=C/c2[nH]c(=O)[nH]c(=O)c2C)cc1OC. The van der Waals surface area contributed by atoms with Gasteiger partial charge in [0.05, 0.1) is 19.9 Å². The van der Waals surface area contributed by atoms with Gasteiger partial charge in [0.25, 0.3) is 5.56 Å². The number of nitrogens with one attached hydrogen (secondary N) is 2. The Morgan fingerprint density at radius 2 is 1.84 bits per heavy atom.